The molecule has 6 heteroatoms. The van der Waals surface area contributed by atoms with E-state index in [1.54, 1.807) is 10.4 Å². The van der Waals surface area contributed by atoms with Crippen molar-refractivity contribution in [1.82, 2.24) is 9.21 Å². The van der Waals surface area contributed by atoms with E-state index in [1.807, 2.05) is 48.5 Å². The van der Waals surface area contributed by atoms with E-state index in [-0.39, 0.29) is 12.1 Å². The summed E-state index contributed by atoms with van der Waals surface area (Å²) in [5.41, 5.74) is 2.34. The third-order valence-electron chi connectivity index (χ3n) is 5.41. The van der Waals surface area contributed by atoms with Gasteiger partial charge in [0, 0.05) is 31.1 Å². The zero-order valence-corrected chi connectivity index (χ0v) is 16.7. The van der Waals surface area contributed by atoms with Crippen LogP contribution in [0.5, 0.6) is 0 Å². The van der Waals surface area contributed by atoms with Crippen molar-refractivity contribution in [1.29, 1.82) is 0 Å². The Kier molecular flexibility index (Phi) is 5.92. The Morgan fingerprint density at radius 1 is 0.929 bits per heavy atom. The summed E-state index contributed by atoms with van der Waals surface area (Å²) < 4.78 is 32.9. The summed E-state index contributed by atoms with van der Waals surface area (Å²) in [6.45, 7) is 2.89. The van der Waals surface area contributed by atoms with Crippen molar-refractivity contribution in [2.75, 3.05) is 19.7 Å². The molecule has 5 nitrogen and oxygen atoms in total. The van der Waals surface area contributed by atoms with E-state index in [0.29, 0.717) is 26.3 Å². The van der Waals surface area contributed by atoms with Crippen molar-refractivity contribution < 1.29 is 13.2 Å². The van der Waals surface area contributed by atoms with E-state index in [2.05, 4.69) is 17.0 Å². The number of fused-ring (bicyclic) bond motifs is 2. The molecule has 2 aromatic carbocycles. The van der Waals surface area contributed by atoms with Crippen molar-refractivity contribution in [2.24, 2.45) is 0 Å². The van der Waals surface area contributed by atoms with Crippen molar-refractivity contribution in [3.8, 4) is 0 Å². The lowest BCUT2D eigenvalue weighted by atomic mass is 10.0. The van der Waals surface area contributed by atoms with Gasteiger partial charge in [-0.15, -0.1) is 0 Å². The predicted octanol–water partition coefficient (Wildman–Crippen LogP) is 3.01. The van der Waals surface area contributed by atoms with Gasteiger partial charge in [0.2, 0.25) is 10.0 Å². The number of hydrogen-bond donors (Lipinski definition) is 0. The lowest BCUT2D eigenvalue weighted by Gasteiger charge is -2.44. The van der Waals surface area contributed by atoms with Gasteiger partial charge in [0.15, 0.2) is 0 Å². The average Bonchev–Trinajstić information content (AvgIpc) is 2.83. The Bertz CT molecular complexity index is 900. The zero-order valence-electron chi connectivity index (χ0n) is 15.9. The van der Waals surface area contributed by atoms with Gasteiger partial charge < -0.3 is 4.74 Å². The van der Waals surface area contributed by atoms with E-state index >= 15 is 0 Å². The molecular formula is C22H26N2O3S. The van der Waals surface area contributed by atoms with Crippen LogP contribution in [0.1, 0.15) is 17.5 Å². The maximum atomic E-state index is 12.7. The van der Waals surface area contributed by atoms with Gasteiger partial charge in [0.05, 0.1) is 19.3 Å². The number of ether oxygens (including phenoxy) is 1. The highest BCUT2D eigenvalue weighted by Crippen LogP contribution is 2.27. The van der Waals surface area contributed by atoms with Gasteiger partial charge in [0.1, 0.15) is 0 Å². The molecule has 28 heavy (non-hydrogen) atoms. The Labute approximate surface area is 167 Å². The SMILES string of the molecule is O=S1(=O)C=CC[C@@H]2CN1C(COCc1ccccc1)CN2Cc1ccccc1. The molecule has 3 atom stereocenters. The molecule has 0 amide bonds. The molecule has 0 saturated carbocycles. The first kappa shape index (κ1) is 19.3. The molecule has 148 valence electrons. The summed E-state index contributed by atoms with van der Waals surface area (Å²) >= 11 is 0. The summed E-state index contributed by atoms with van der Waals surface area (Å²) in [6.07, 6.45) is 2.55. The maximum absolute atomic E-state index is 12.7. The molecule has 0 aromatic heterocycles. The Balaban J connectivity index is 1.48. The van der Waals surface area contributed by atoms with Gasteiger partial charge in [-0.25, -0.2) is 8.42 Å². The topological polar surface area (TPSA) is 49.9 Å². The van der Waals surface area contributed by atoms with E-state index in [0.717, 1.165) is 18.5 Å². The minimum Gasteiger partial charge on any atom is -0.375 e. The number of sulfonamides is 1. The Morgan fingerprint density at radius 3 is 2.32 bits per heavy atom. The minimum atomic E-state index is -3.39. The summed E-state index contributed by atoms with van der Waals surface area (Å²) in [5, 5.41) is 1.36. The van der Waals surface area contributed by atoms with Crippen LogP contribution in [0.3, 0.4) is 0 Å². The van der Waals surface area contributed by atoms with Crippen LogP contribution in [0, 0.1) is 0 Å². The Morgan fingerprint density at radius 2 is 1.61 bits per heavy atom. The van der Waals surface area contributed by atoms with Crippen LogP contribution in [-0.4, -0.2) is 49.4 Å². The number of nitrogens with zero attached hydrogens (tertiary/aromatic N) is 2. The Hall–Kier alpha value is -1.99. The highest BCUT2D eigenvalue weighted by Gasteiger charge is 2.40. The monoisotopic (exact) mass is 398 g/mol. The lowest BCUT2D eigenvalue weighted by molar-refractivity contribution is 0.0139. The predicted molar refractivity (Wildman–Crippen MR) is 110 cm³/mol. The number of rotatable bonds is 6. The first-order valence-electron chi connectivity index (χ1n) is 9.70. The first-order chi connectivity index (χ1) is 13.6. The first-order valence-corrected chi connectivity index (χ1v) is 11.2. The van der Waals surface area contributed by atoms with E-state index < -0.39 is 10.0 Å². The fraction of sp³-hybridized carbons (Fsp3) is 0.364. The fourth-order valence-electron chi connectivity index (χ4n) is 3.97. The maximum Gasteiger partial charge on any atom is 0.236 e. The molecule has 2 aromatic rings. The summed E-state index contributed by atoms with van der Waals surface area (Å²) in [4.78, 5) is 2.40. The normalized spacial score (nSPS) is 26.6. The molecular weight excluding hydrogens is 372 g/mol. The van der Waals surface area contributed by atoms with Crippen molar-refractivity contribution in [2.45, 2.75) is 31.7 Å². The van der Waals surface area contributed by atoms with Crippen LogP contribution in [0.15, 0.2) is 72.1 Å². The molecule has 0 N–H and O–H groups in total. The van der Waals surface area contributed by atoms with Crippen LogP contribution in [0.2, 0.25) is 0 Å². The van der Waals surface area contributed by atoms with Crippen LogP contribution in [0.4, 0.5) is 0 Å². The zero-order chi connectivity index (χ0) is 19.4. The van der Waals surface area contributed by atoms with Crippen molar-refractivity contribution in [3.63, 3.8) is 0 Å². The number of hydrogen-bond acceptors (Lipinski definition) is 4. The number of benzene rings is 2. The highest BCUT2D eigenvalue weighted by atomic mass is 32.2. The largest absolute Gasteiger partial charge is 0.375 e. The van der Waals surface area contributed by atoms with Gasteiger partial charge >= 0.3 is 0 Å². The van der Waals surface area contributed by atoms with Crippen molar-refractivity contribution in [3.05, 3.63) is 83.3 Å². The van der Waals surface area contributed by atoms with Crippen LogP contribution < -0.4 is 0 Å². The molecule has 4 rings (SSSR count). The molecule has 2 aliphatic heterocycles. The molecule has 0 aliphatic carbocycles. The minimum absolute atomic E-state index is 0.184. The van der Waals surface area contributed by atoms with Crippen molar-refractivity contribution >= 4 is 10.0 Å². The van der Waals surface area contributed by atoms with E-state index in [4.69, 9.17) is 4.74 Å². The smallest absolute Gasteiger partial charge is 0.236 e. The second-order valence-electron chi connectivity index (χ2n) is 7.45. The molecule has 2 heterocycles. The molecule has 1 saturated heterocycles. The summed E-state index contributed by atoms with van der Waals surface area (Å²) in [6, 6.07) is 20.3. The van der Waals surface area contributed by atoms with Gasteiger partial charge in [-0.3, -0.25) is 4.90 Å². The molecule has 0 spiro atoms. The highest BCUT2D eigenvalue weighted by molar-refractivity contribution is 7.92. The van der Waals surface area contributed by atoms with Gasteiger partial charge in [0.25, 0.3) is 0 Å². The van der Waals surface area contributed by atoms with Crippen LogP contribution in [-0.2, 0) is 27.9 Å². The second kappa shape index (κ2) is 8.57. The molecule has 0 radical (unpaired) electrons. The number of piperazine rings is 1. The van der Waals surface area contributed by atoms with E-state index in [1.165, 1.54) is 11.0 Å². The fourth-order valence-corrected chi connectivity index (χ4v) is 5.40. The molecule has 2 aliphatic rings. The van der Waals surface area contributed by atoms with Crippen LogP contribution >= 0.6 is 0 Å². The lowest BCUT2D eigenvalue weighted by Crippen LogP contribution is -2.59. The quantitative estimate of drug-likeness (QED) is 0.751. The molecule has 2 bridgehead atoms. The van der Waals surface area contributed by atoms with Crippen LogP contribution in [0.25, 0.3) is 0 Å². The third kappa shape index (κ3) is 4.52. The van der Waals surface area contributed by atoms with Gasteiger partial charge in [-0.1, -0.05) is 66.7 Å². The van der Waals surface area contributed by atoms with Gasteiger partial charge in [-0.05, 0) is 17.5 Å². The third-order valence-corrected chi connectivity index (χ3v) is 7.05. The van der Waals surface area contributed by atoms with E-state index in [9.17, 15) is 8.42 Å². The summed E-state index contributed by atoms with van der Waals surface area (Å²) in [5.74, 6) is 0. The average molecular weight is 399 g/mol. The summed E-state index contributed by atoms with van der Waals surface area (Å²) in [7, 11) is -3.39. The second-order valence-corrected chi connectivity index (χ2v) is 9.22. The molecule has 2 unspecified atom stereocenters. The van der Waals surface area contributed by atoms with Gasteiger partial charge in [-0.2, -0.15) is 4.31 Å². The standard InChI is InChI=1S/C22H26N2O3S/c25-28(26)13-7-12-21-16-24(28)22(18-27-17-20-10-5-2-6-11-20)15-23(21)14-19-8-3-1-4-9-19/h1-11,13,21-22H,12,14-18H2/t21-,22?/m1/s1. The molecule has 1 fully saturated rings.